The van der Waals surface area contributed by atoms with Gasteiger partial charge in [0.05, 0.1) is 10.6 Å². The minimum absolute atomic E-state index is 0.452. The Hall–Kier alpha value is -1.21. The lowest BCUT2D eigenvalue weighted by molar-refractivity contribution is 0.0613. The average molecular weight is 206 g/mol. The highest BCUT2D eigenvalue weighted by Gasteiger charge is 2.33. The summed E-state index contributed by atoms with van der Waals surface area (Å²) in [5.74, 6) is -4.40. The zero-order chi connectivity index (χ0) is 10.1. The molecule has 0 aliphatic heterocycles. The van der Waals surface area contributed by atoms with Crippen LogP contribution in [0.4, 0.5) is 13.2 Å². The van der Waals surface area contributed by atoms with Crippen molar-refractivity contribution in [1.29, 1.82) is 5.26 Å². The van der Waals surface area contributed by atoms with E-state index < -0.39 is 22.3 Å². The van der Waals surface area contributed by atoms with E-state index >= 15 is 0 Å². The molecule has 0 aliphatic rings. The van der Waals surface area contributed by atoms with Crippen molar-refractivity contribution < 1.29 is 13.2 Å². The molecule has 0 saturated carbocycles. The Bertz CT molecular complexity index is 370. The molecule has 1 rings (SSSR count). The maximum atomic E-state index is 12.7. The highest BCUT2D eigenvalue weighted by molar-refractivity contribution is 6.31. The molecule has 13 heavy (non-hydrogen) atoms. The van der Waals surface area contributed by atoms with E-state index in [-0.39, 0.29) is 0 Å². The molecule has 68 valence electrons. The zero-order valence-electron chi connectivity index (χ0n) is 6.19. The van der Waals surface area contributed by atoms with E-state index in [0.29, 0.717) is 0 Å². The second kappa shape index (κ2) is 3.27. The predicted octanol–water partition coefficient (Wildman–Crippen LogP) is 3.09. The Morgan fingerprint density at radius 1 is 1.38 bits per heavy atom. The number of alkyl halides is 2. The van der Waals surface area contributed by atoms with Gasteiger partial charge in [0.15, 0.2) is 0 Å². The van der Waals surface area contributed by atoms with E-state index in [4.69, 9.17) is 16.9 Å². The summed E-state index contributed by atoms with van der Waals surface area (Å²) < 4.78 is 37.8. The highest BCUT2D eigenvalue weighted by atomic mass is 35.5. The molecule has 5 heteroatoms. The van der Waals surface area contributed by atoms with Gasteiger partial charge >= 0.3 is 5.92 Å². The molecule has 0 spiro atoms. The summed E-state index contributed by atoms with van der Waals surface area (Å²) in [6.07, 6.45) is 0. The Kier molecular flexibility index (Phi) is 2.48. The summed E-state index contributed by atoms with van der Waals surface area (Å²) in [6, 6.07) is 3.13. The van der Waals surface area contributed by atoms with E-state index in [1.165, 1.54) is 0 Å². The van der Waals surface area contributed by atoms with Crippen LogP contribution in [0.2, 0.25) is 5.02 Å². The molecule has 0 amide bonds. The van der Waals surface area contributed by atoms with Gasteiger partial charge in [0.2, 0.25) is 0 Å². The van der Waals surface area contributed by atoms with Crippen molar-refractivity contribution in [2.45, 2.75) is 5.92 Å². The fourth-order valence-corrected chi connectivity index (χ4v) is 1.09. The lowest BCUT2D eigenvalue weighted by Gasteiger charge is -2.08. The number of hydrogen-bond acceptors (Lipinski definition) is 1. The van der Waals surface area contributed by atoms with Crippen LogP contribution in [0, 0.1) is 17.1 Å². The summed E-state index contributed by atoms with van der Waals surface area (Å²) in [4.78, 5) is 0. The van der Waals surface area contributed by atoms with Gasteiger partial charge in [-0.2, -0.15) is 14.0 Å². The van der Waals surface area contributed by atoms with Crippen LogP contribution in [0.15, 0.2) is 18.2 Å². The van der Waals surface area contributed by atoms with Gasteiger partial charge in [0.25, 0.3) is 0 Å². The number of nitrogens with zero attached hydrogens (tertiary/aromatic N) is 1. The van der Waals surface area contributed by atoms with E-state index in [9.17, 15) is 13.2 Å². The molecule has 0 atom stereocenters. The van der Waals surface area contributed by atoms with Crippen molar-refractivity contribution in [3.05, 3.63) is 34.6 Å². The number of benzene rings is 1. The number of halogens is 4. The first-order valence-corrected chi connectivity index (χ1v) is 3.60. The maximum absolute atomic E-state index is 12.7. The van der Waals surface area contributed by atoms with Gasteiger partial charge in [-0.1, -0.05) is 11.6 Å². The highest BCUT2D eigenvalue weighted by Crippen LogP contribution is 2.32. The van der Waals surface area contributed by atoms with E-state index in [1.807, 2.05) is 0 Å². The molecule has 0 saturated heterocycles. The monoisotopic (exact) mass is 205 g/mol. The Morgan fingerprint density at radius 3 is 2.46 bits per heavy atom. The summed E-state index contributed by atoms with van der Waals surface area (Å²) in [5, 5.41) is 7.64. The molecular formula is C8H3ClF3N. The summed E-state index contributed by atoms with van der Waals surface area (Å²) >= 11 is 5.32. The van der Waals surface area contributed by atoms with Gasteiger partial charge in [-0.25, -0.2) is 4.39 Å². The van der Waals surface area contributed by atoms with Crippen LogP contribution >= 0.6 is 11.6 Å². The van der Waals surface area contributed by atoms with Crippen LogP contribution < -0.4 is 0 Å². The molecule has 0 aliphatic carbocycles. The molecule has 0 fully saturated rings. The molecular weight excluding hydrogens is 203 g/mol. The quantitative estimate of drug-likeness (QED) is 0.691. The smallest absolute Gasteiger partial charge is 0.207 e. The lowest BCUT2D eigenvalue weighted by atomic mass is 10.1. The molecule has 0 bridgehead atoms. The van der Waals surface area contributed by atoms with Crippen LogP contribution in [0.25, 0.3) is 0 Å². The maximum Gasteiger partial charge on any atom is 0.358 e. The largest absolute Gasteiger partial charge is 0.358 e. The van der Waals surface area contributed by atoms with Crippen molar-refractivity contribution >= 4 is 11.6 Å². The molecule has 0 N–H and O–H groups in total. The summed E-state index contributed by atoms with van der Waals surface area (Å²) in [6.45, 7) is 0. The molecule has 0 heterocycles. The van der Waals surface area contributed by atoms with Gasteiger partial charge in [-0.15, -0.1) is 0 Å². The third kappa shape index (κ3) is 1.93. The third-order valence-corrected chi connectivity index (χ3v) is 1.72. The molecule has 0 radical (unpaired) electrons. The van der Waals surface area contributed by atoms with Crippen molar-refractivity contribution in [3.8, 4) is 6.07 Å². The Balaban J connectivity index is 3.26. The Morgan fingerprint density at radius 2 is 2.00 bits per heavy atom. The first-order chi connectivity index (χ1) is 5.97. The van der Waals surface area contributed by atoms with E-state index in [1.54, 1.807) is 0 Å². The van der Waals surface area contributed by atoms with Crippen LogP contribution in [-0.4, -0.2) is 0 Å². The zero-order valence-corrected chi connectivity index (χ0v) is 6.95. The minimum Gasteiger partial charge on any atom is -0.207 e. The van der Waals surface area contributed by atoms with Gasteiger partial charge < -0.3 is 0 Å². The third-order valence-electron chi connectivity index (χ3n) is 1.41. The van der Waals surface area contributed by atoms with Gasteiger partial charge in [-0.05, 0) is 18.2 Å². The lowest BCUT2D eigenvalue weighted by Crippen LogP contribution is -2.10. The van der Waals surface area contributed by atoms with Crippen molar-refractivity contribution in [3.63, 3.8) is 0 Å². The van der Waals surface area contributed by atoms with Gasteiger partial charge in [0, 0.05) is 0 Å². The number of nitriles is 1. The number of rotatable bonds is 1. The van der Waals surface area contributed by atoms with E-state index in [2.05, 4.69) is 0 Å². The van der Waals surface area contributed by atoms with Crippen LogP contribution in [0.1, 0.15) is 5.56 Å². The molecule has 0 aromatic heterocycles. The SMILES string of the molecule is N#CC(F)(F)c1ccc(F)cc1Cl. The van der Waals surface area contributed by atoms with Crippen molar-refractivity contribution in [1.82, 2.24) is 0 Å². The van der Waals surface area contributed by atoms with Crippen molar-refractivity contribution in [2.75, 3.05) is 0 Å². The minimum atomic E-state index is -3.68. The predicted molar refractivity (Wildman–Crippen MR) is 40.9 cm³/mol. The number of hydrogen-bond donors (Lipinski definition) is 0. The second-order valence-electron chi connectivity index (χ2n) is 2.31. The second-order valence-corrected chi connectivity index (χ2v) is 2.72. The summed E-state index contributed by atoms with van der Waals surface area (Å²) in [7, 11) is 0. The fraction of sp³-hybridized carbons (Fsp3) is 0.125. The van der Waals surface area contributed by atoms with Gasteiger partial charge in [-0.3, -0.25) is 0 Å². The molecule has 0 unspecified atom stereocenters. The van der Waals surface area contributed by atoms with Crippen molar-refractivity contribution in [2.24, 2.45) is 0 Å². The fourth-order valence-electron chi connectivity index (χ4n) is 0.804. The molecule has 1 aromatic carbocycles. The normalized spacial score (nSPS) is 11.0. The topological polar surface area (TPSA) is 23.8 Å². The molecule has 1 nitrogen and oxygen atoms in total. The van der Waals surface area contributed by atoms with E-state index in [0.717, 1.165) is 24.3 Å². The van der Waals surface area contributed by atoms with Crippen LogP contribution in [-0.2, 0) is 5.92 Å². The Labute approximate surface area is 77.4 Å². The van der Waals surface area contributed by atoms with Crippen LogP contribution in [0.5, 0.6) is 0 Å². The first-order valence-electron chi connectivity index (χ1n) is 3.22. The van der Waals surface area contributed by atoms with Crippen LogP contribution in [0.3, 0.4) is 0 Å². The standard InChI is InChI=1S/C8H3ClF3N/c9-7-3-5(10)1-2-6(7)8(11,12)4-13/h1-3H. The molecule has 1 aromatic rings. The summed E-state index contributed by atoms with van der Waals surface area (Å²) in [5.41, 5.74) is -0.682. The average Bonchev–Trinajstić information content (AvgIpc) is 2.03. The first kappa shape index (κ1) is 9.87. The van der Waals surface area contributed by atoms with Gasteiger partial charge in [0.1, 0.15) is 11.9 Å².